The van der Waals surface area contributed by atoms with Crippen molar-refractivity contribution in [2.75, 3.05) is 0 Å². The normalized spacial score (nSPS) is 12.0. The lowest BCUT2D eigenvalue weighted by Crippen LogP contribution is -2.40. The van der Waals surface area contributed by atoms with Crippen molar-refractivity contribution in [2.24, 2.45) is 0 Å². The molecule has 1 atom stereocenters. The Kier molecular flexibility index (Phi) is 6.51. The Balaban J connectivity index is 2.21. The van der Waals surface area contributed by atoms with Gasteiger partial charge in [0.05, 0.1) is 0 Å². The second-order valence-electron chi connectivity index (χ2n) is 5.66. The van der Waals surface area contributed by atoms with Crippen molar-refractivity contribution < 1.29 is 19.8 Å². The number of carboxylic acids is 2. The van der Waals surface area contributed by atoms with Crippen molar-refractivity contribution in [3.8, 4) is 0 Å². The molecule has 2 aromatic carbocycles. The molecule has 0 fully saturated rings. The minimum Gasteiger partial charge on any atom is -0.481 e. The molecular formula is C19H21NO4. The number of nitrogens with zero attached hydrogens (tertiary/aromatic N) is 1. The van der Waals surface area contributed by atoms with Gasteiger partial charge in [-0.15, -0.1) is 0 Å². The molecule has 0 spiro atoms. The van der Waals surface area contributed by atoms with Gasteiger partial charge in [-0.2, -0.15) is 0 Å². The number of benzene rings is 2. The molecule has 126 valence electrons. The lowest BCUT2D eigenvalue weighted by atomic mass is 10.1. The van der Waals surface area contributed by atoms with E-state index in [0.717, 1.165) is 11.1 Å². The van der Waals surface area contributed by atoms with Gasteiger partial charge in [-0.05, 0) is 17.5 Å². The standard InChI is InChI=1S/C19H21NO4/c21-18(22)12-11-17(19(23)24)20(13-15-7-3-1-4-8-15)14-16-9-5-2-6-10-16/h1-10,17H,11-14H2,(H,21,22)(H,23,24)/t17-/m1/s1. The largest absolute Gasteiger partial charge is 0.481 e. The van der Waals surface area contributed by atoms with Gasteiger partial charge in [0.25, 0.3) is 0 Å². The fourth-order valence-electron chi connectivity index (χ4n) is 2.63. The summed E-state index contributed by atoms with van der Waals surface area (Å²) >= 11 is 0. The molecule has 0 amide bonds. The molecule has 24 heavy (non-hydrogen) atoms. The molecule has 0 saturated carbocycles. The summed E-state index contributed by atoms with van der Waals surface area (Å²) < 4.78 is 0. The zero-order chi connectivity index (χ0) is 17.4. The molecule has 0 bridgehead atoms. The van der Waals surface area contributed by atoms with E-state index in [1.54, 1.807) is 0 Å². The predicted molar refractivity (Wildman–Crippen MR) is 90.4 cm³/mol. The number of carbonyl (C=O) groups is 2. The Morgan fingerprint density at radius 3 is 1.67 bits per heavy atom. The molecule has 0 aliphatic rings. The third-order valence-corrected chi connectivity index (χ3v) is 3.81. The van der Waals surface area contributed by atoms with Crippen molar-refractivity contribution in [2.45, 2.75) is 32.0 Å². The monoisotopic (exact) mass is 327 g/mol. The third kappa shape index (κ3) is 5.52. The van der Waals surface area contributed by atoms with E-state index < -0.39 is 18.0 Å². The summed E-state index contributed by atoms with van der Waals surface area (Å²) in [5, 5.41) is 18.5. The maximum absolute atomic E-state index is 11.7. The molecule has 2 N–H and O–H groups in total. The van der Waals surface area contributed by atoms with Crippen LogP contribution < -0.4 is 0 Å². The van der Waals surface area contributed by atoms with E-state index in [-0.39, 0.29) is 12.8 Å². The van der Waals surface area contributed by atoms with E-state index in [1.165, 1.54) is 0 Å². The van der Waals surface area contributed by atoms with Crippen molar-refractivity contribution >= 4 is 11.9 Å². The highest BCUT2D eigenvalue weighted by Crippen LogP contribution is 2.17. The second-order valence-corrected chi connectivity index (χ2v) is 5.66. The minimum absolute atomic E-state index is 0.0737. The molecule has 0 aliphatic carbocycles. The van der Waals surface area contributed by atoms with Crippen LogP contribution in [0, 0.1) is 0 Å². The number of aliphatic carboxylic acids is 2. The van der Waals surface area contributed by atoms with Gasteiger partial charge in [-0.3, -0.25) is 14.5 Å². The average Bonchev–Trinajstić information content (AvgIpc) is 2.56. The Morgan fingerprint density at radius 2 is 1.29 bits per heavy atom. The number of hydrogen-bond acceptors (Lipinski definition) is 3. The number of hydrogen-bond donors (Lipinski definition) is 2. The van der Waals surface area contributed by atoms with Gasteiger partial charge < -0.3 is 10.2 Å². The highest BCUT2D eigenvalue weighted by atomic mass is 16.4. The molecule has 0 saturated heterocycles. The van der Waals surface area contributed by atoms with Crippen molar-refractivity contribution in [3.05, 3.63) is 71.8 Å². The predicted octanol–water partition coefficient (Wildman–Crippen LogP) is 3.01. The first-order valence-electron chi connectivity index (χ1n) is 7.83. The molecule has 5 nitrogen and oxygen atoms in total. The van der Waals surface area contributed by atoms with E-state index in [1.807, 2.05) is 65.6 Å². The first-order chi connectivity index (χ1) is 11.6. The van der Waals surface area contributed by atoms with E-state index in [0.29, 0.717) is 13.1 Å². The van der Waals surface area contributed by atoms with Crippen molar-refractivity contribution in [3.63, 3.8) is 0 Å². The van der Waals surface area contributed by atoms with Gasteiger partial charge in [0.1, 0.15) is 6.04 Å². The van der Waals surface area contributed by atoms with Crippen LogP contribution in [0.1, 0.15) is 24.0 Å². The summed E-state index contributed by atoms with van der Waals surface area (Å²) in [6.45, 7) is 0.901. The lowest BCUT2D eigenvalue weighted by Gasteiger charge is -2.29. The fourth-order valence-corrected chi connectivity index (χ4v) is 2.63. The minimum atomic E-state index is -0.997. The Morgan fingerprint density at radius 1 is 0.833 bits per heavy atom. The summed E-state index contributed by atoms with van der Waals surface area (Å²) in [6.07, 6.45) is -0.0959. The Labute approximate surface area is 141 Å². The van der Waals surface area contributed by atoms with Gasteiger partial charge in [-0.1, -0.05) is 60.7 Å². The lowest BCUT2D eigenvalue weighted by molar-refractivity contribution is -0.145. The van der Waals surface area contributed by atoms with Crippen LogP contribution in [0.2, 0.25) is 0 Å². The SMILES string of the molecule is O=C(O)CC[C@H](C(=O)O)N(Cc1ccccc1)Cc1ccccc1. The van der Waals surface area contributed by atoms with Crippen LogP contribution in [0.25, 0.3) is 0 Å². The van der Waals surface area contributed by atoms with Gasteiger partial charge in [-0.25, -0.2) is 0 Å². The van der Waals surface area contributed by atoms with Crippen LogP contribution in [0.5, 0.6) is 0 Å². The quantitative estimate of drug-likeness (QED) is 0.740. The highest BCUT2D eigenvalue weighted by Gasteiger charge is 2.26. The Bertz CT molecular complexity index is 616. The number of rotatable bonds is 9. The summed E-state index contributed by atoms with van der Waals surface area (Å²) in [7, 11) is 0. The van der Waals surface area contributed by atoms with Gasteiger partial charge in [0.15, 0.2) is 0 Å². The van der Waals surface area contributed by atoms with Crippen LogP contribution in [0.3, 0.4) is 0 Å². The fraction of sp³-hybridized carbons (Fsp3) is 0.263. The third-order valence-electron chi connectivity index (χ3n) is 3.81. The van der Waals surface area contributed by atoms with Gasteiger partial charge >= 0.3 is 11.9 Å². The molecule has 0 aliphatic heterocycles. The molecule has 2 aromatic rings. The van der Waals surface area contributed by atoms with Gasteiger partial charge in [0, 0.05) is 19.5 Å². The van der Waals surface area contributed by atoms with Gasteiger partial charge in [0.2, 0.25) is 0 Å². The molecule has 0 aromatic heterocycles. The maximum Gasteiger partial charge on any atom is 0.320 e. The number of carboxylic acid groups (broad SMARTS) is 2. The Hall–Kier alpha value is -2.66. The zero-order valence-corrected chi connectivity index (χ0v) is 13.3. The molecule has 0 heterocycles. The molecule has 0 radical (unpaired) electrons. The molecule has 0 unspecified atom stereocenters. The van der Waals surface area contributed by atoms with Crippen molar-refractivity contribution in [1.82, 2.24) is 4.90 Å². The summed E-state index contributed by atoms with van der Waals surface area (Å²) in [4.78, 5) is 24.4. The van der Waals surface area contributed by atoms with Crippen molar-refractivity contribution in [1.29, 1.82) is 0 Å². The molecular weight excluding hydrogens is 306 g/mol. The smallest absolute Gasteiger partial charge is 0.320 e. The first kappa shape index (κ1) is 17.7. The van der Waals surface area contributed by atoms with Crippen LogP contribution in [0.4, 0.5) is 0 Å². The topological polar surface area (TPSA) is 77.8 Å². The second kappa shape index (κ2) is 8.84. The molecule has 5 heteroatoms. The van der Waals surface area contributed by atoms with E-state index in [4.69, 9.17) is 5.11 Å². The van der Waals surface area contributed by atoms with E-state index in [9.17, 15) is 14.7 Å². The maximum atomic E-state index is 11.7. The zero-order valence-electron chi connectivity index (χ0n) is 13.3. The summed E-state index contributed by atoms with van der Waals surface area (Å²) in [6, 6.07) is 18.3. The first-order valence-corrected chi connectivity index (χ1v) is 7.83. The summed E-state index contributed by atoms with van der Waals surface area (Å²) in [5.41, 5.74) is 1.99. The van der Waals surface area contributed by atoms with Crippen LogP contribution >= 0.6 is 0 Å². The molecule has 2 rings (SSSR count). The van der Waals surface area contributed by atoms with Crippen LogP contribution in [-0.4, -0.2) is 33.1 Å². The van der Waals surface area contributed by atoms with Crippen LogP contribution in [0.15, 0.2) is 60.7 Å². The average molecular weight is 327 g/mol. The summed E-state index contributed by atoms with van der Waals surface area (Å²) in [5.74, 6) is -1.98. The van der Waals surface area contributed by atoms with E-state index >= 15 is 0 Å². The highest BCUT2D eigenvalue weighted by molar-refractivity contribution is 5.75. The van der Waals surface area contributed by atoms with Crippen LogP contribution in [-0.2, 0) is 22.7 Å². The van der Waals surface area contributed by atoms with E-state index in [2.05, 4.69) is 0 Å².